The zero-order chi connectivity index (χ0) is 17.9. The fourth-order valence-corrected chi connectivity index (χ4v) is 3.36. The van der Waals surface area contributed by atoms with E-state index in [0.717, 1.165) is 24.1 Å². The summed E-state index contributed by atoms with van der Waals surface area (Å²) >= 11 is 3.39. The molecule has 1 heterocycles. The SMILES string of the molecule is CCCCCN(CCCCC)CC(C)NC(=O)c1nn(C)cc1Br. The fraction of sp³-hybridized carbons (Fsp3) is 0.778. The molecule has 5 nitrogen and oxygen atoms in total. The summed E-state index contributed by atoms with van der Waals surface area (Å²) in [5.74, 6) is -0.114. The van der Waals surface area contributed by atoms with Crippen LogP contribution in [0.4, 0.5) is 0 Å². The Morgan fingerprint density at radius 2 is 1.83 bits per heavy atom. The number of unbranched alkanes of at least 4 members (excludes halogenated alkanes) is 4. The van der Waals surface area contributed by atoms with E-state index in [1.165, 1.54) is 38.5 Å². The lowest BCUT2D eigenvalue weighted by atomic mass is 10.2. The van der Waals surface area contributed by atoms with Crippen molar-refractivity contribution in [2.75, 3.05) is 19.6 Å². The van der Waals surface area contributed by atoms with Crippen LogP contribution in [0.2, 0.25) is 0 Å². The molecule has 1 aromatic rings. The molecule has 1 amide bonds. The minimum Gasteiger partial charge on any atom is -0.347 e. The van der Waals surface area contributed by atoms with E-state index in [0.29, 0.717) is 5.69 Å². The van der Waals surface area contributed by atoms with E-state index in [1.54, 1.807) is 10.9 Å². The van der Waals surface area contributed by atoms with Gasteiger partial charge in [0, 0.05) is 25.8 Å². The molecule has 1 aromatic heterocycles. The molecule has 1 N–H and O–H groups in total. The Morgan fingerprint density at radius 1 is 1.25 bits per heavy atom. The van der Waals surface area contributed by atoms with Gasteiger partial charge in [-0.3, -0.25) is 9.48 Å². The van der Waals surface area contributed by atoms with Crippen LogP contribution in [0.15, 0.2) is 10.7 Å². The third-order valence-corrected chi connectivity index (χ3v) is 4.64. The molecule has 1 atom stereocenters. The molecule has 0 saturated heterocycles. The molecule has 0 radical (unpaired) electrons. The molecule has 0 spiro atoms. The molecule has 0 bridgehead atoms. The van der Waals surface area contributed by atoms with Crippen LogP contribution in [0.25, 0.3) is 0 Å². The average Bonchev–Trinajstić information content (AvgIpc) is 2.86. The number of nitrogens with zero attached hydrogens (tertiary/aromatic N) is 3. The van der Waals surface area contributed by atoms with Crippen LogP contribution in [-0.2, 0) is 7.05 Å². The van der Waals surface area contributed by atoms with Crippen molar-refractivity contribution in [3.05, 3.63) is 16.4 Å². The van der Waals surface area contributed by atoms with E-state index in [2.05, 4.69) is 52.0 Å². The third-order valence-electron chi connectivity index (χ3n) is 4.06. The van der Waals surface area contributed by atoms with Gasteiger partial charge < -0.3 is 10.2 Å². The number of aromatic nitrogens is 2. The Kier molecular flexibility index (Phi) is 10.3. The predicted molar refractivity (Wildman–Crippen MR) is 103 cm³/mol. The number of aryl methyl sites for hydroxylation is 1. The molecular formula is C18H33BrN4O. The second kappa shape index (κ2) is 11.6. The molecule has 0 aromatic carbocycles. The van der Waals surface area contributed by atoms with E-state index in [1.807, 2.05) is 7.05 Å². The number of carbonyl (C=O) groups excluding carboxylic acids is 1. The Hall–Kier alpha value is -0.880. The van der Waals surface area contributed by atoms with Gasteiger partial charge in [-0.2, -0.15) is 5.10 Å². The standard InChI is InChI=1S/C18H33BrN4O/c1-5-7-9-11-23(12-10-8-6-2)13-15(3)20-18(24)17-16(19)14-22(4)21-17/h14-15H,5-13H2,1-4H3,(H,20,24). The highest BCUT2D eigenvalue weighted by Gasteiger charge is 2.18. The van der Waals surface area contributed by atoms with E-state index >= 15 is 0 Å². The highest BCUT2D eigenvalue weighted by atomic mass is 79.9. The van der Waals surface area contributed by atoms with E-state index in [4.69, 9.17) is 0 Å². The molecule has 0 fully saturated rings. The zero-order valence-corrected chi connectivity index (χ0v) is 17.2. The summed E-state index contributed by atoms with van der Waals surface area (Å²) in [6.07, 6.45) is 9.27. The van der Waals surface area contributed by atoms with Gasteiger partial charge in [-0.05, 0) is 48.8 Å². The van der Waals surface area contributed by atoms with Gasteiger partial charge in [0.2, 0.25) is 0 Å². The Bertz CT molecular complexity index is 479. The number of hydrogen-bond acceptors (Lipinski definition) is 3. The van der Waals surface area contributed by atoms with Gasteiger partial charge in [0.1, 0.15) is 0 Å². The molecule has 1 rings (SSSR count). The number of halogens is 1. The van der Waals surface area contributed by atoms with E-state index in [9.17, 15) is 4.79 Å². The first-order valence-electron chi connectivity index (χ1n) is 9.20. The van der Waals surface area contributed by atoms with Crippen molar-refractivity contribution in [2.45, 2.75) is 65.3 Å². The highest BCUT2D eigenvalue weighted by molar-refractivity contribution is 9.10. The van der Waals surface area contributed by atoms with Gasteiger partial charge >= 0.3 is 0 Å². The predicted octanol–water partition coefficient (Wildman–Crippen LogP) is 3.98. The largest absolute Gasteiger partial charge is 0.347 e. The third kappa shape index (κ3) is 7.79. The van der Waals surface area contributed by atoms with E-state index in [-0.39, 0.29) is 11.9 Å². The summed E-state index contributed by atoms with van der Waals surface area (Å²) in [7, 11) is 1.81. The van der Waals surface area contributed by atoms with Crippen molar-refractivity contribution < 1.29 is 4.79 Å². The molecular weight excluding hydrogens is 368 g/mol. The Morgan fingerprint density at radius 3 is 2.29 bits per heavy atom. The Labute approximate surface area is 155 Å². The van der Waals surface area contributed by atoms with Crippen molar-refractivity contribution in [2.24, 2.45) is 7.05 Å². The lowest BCUT2D eigenvalue weighted by Crippen LogP contribution is -2.43. The van der Waals surface area contributed by atoms with E-state index < -0.39 is 0 Å². The summed E-state index contributed by atoms with van der Waals surface area (Å²) < 4.78 is 2.38. The van der Waals surface area contributed by atoms with Crippen LogP contribution in [-0.4, -0.2) is 46.3 Å². The number of hydrogen-bond donors (Lipinski definition) is 1. The second-order valence-corrected chi connectivity index (χ2v) is 7.44. The van der Waals surface area contributed by atoms with Crippen LogP contribution in [0.1, 0.15) is 69.8 Å². The lowest BCUT2D eigenvalue weighted by molar-refractivity contribution is 0.0922. The fourth-order valence-electron chi connectivity index (χ4n) is 2.80. The van der Waals surface area contributed by atoms with Gasteiger partial charge in [0.25, 0.3) is 5.91 Å². The lowest BCUT2D eigenvalue weighted by Gasteiger charge is -2.26. The maximum atomic E-state index is 12.4. The van der Waals surface area contributed by atoms with Crippen LogP contribution in [0.5, 0.6) is 0 Å². The summed E-state index contributed by atoms with van der Waals surface area (Å²) in [5.41, 5.74) is 0.452. The maximum Gasteiger partial charge on any atom is 0.273 e. The van der Waals surface area contributed by atoms with Crippen LogP contribution < -0.4 is 5.32 Å². The minimum atomic E-state index is -0.114. The van der Waals surface area contributed by atoms with Crippen molar-refractivity contribution in [1.82, 2.24) is 20.0 Å². The highest BCUT2D eigenvalue weighted by Crippen LogP contribution is 2.14. The van der Waals surface area contributed by atoms with Gasteiger partial charge in [0.05, 0.1) is 4.47 Å². The topological polar surface area (TPSA) is 50.2 Å². The number of rotatable bonds is 12. The Balaban J connectivity index is 2.50. The smallest absolute Gasteiger partial charge is 0.273 e. The van der Waals surface area contributed by atoms with Crippen molar-refractivity contribution in [3.63, 3.8) is 0 Å². The van der Waals surface area contributed by atoms with Crippen molar-refractivity contribution >= 4 is 21.8 Å². The van der Waals surface area contributed by atoms with Crippen molar-refractivity contribution in [1.29, 1.82) is 0 Å². The maximum absolute atomic E-state index is 12.4. The summed E-state index contributed by atoms with van der Waals surface area (Å²) in [6, 6.07) is 0.106. The van der Waals surface area contributed by atoms with Gasteiger partial charge in [-0.1, -0.05) is 39.5 Å². The number of amides is 1. The molecule has 6 heteroatoms. The first-order chi connectivity index (χ1) is 11.5. The molecule has 24 heavy (non-hydrogen) atoms. The normalized spacial score (nSPS) is 12.6. The molecule has 1 unspecified atom stereocenters. The number of carbonyl (C=O) groups is 1. The van der Waals surface area contributed by atoms with Crippen LogP contribution >= 0.6 is 15.9 Å². The van der Waals surface area contributed by atoms with Gasteiger partial charge in [-0.25, -0.2) is 0 Å². The zero-order valence-electron chi connectivity index (χ0n) is 15.6. The quantitative estimate of drug-likeness (QED) is 0.539. The van der Waals surface area contributed by atoms with Crippen LogP contribution in [0.3, 0.4) is 0 Å². The molecule has 0 aliphatic rings. The van der Waals surface area contributed by atoms with Gasteiger partial charge in [0.15, 0.2) is 5.69 Å². The van der Waals surface area contributed by atoms with Crippen LogP contribution in [0, 0.1) is 0 Å². The van der Waals surface area contributed by atoms with Crippen molar-refractivity contribution in [3.8, 4) is 0 Å². The summed E-state index contributed by atoms with van der Waals surface area (Å²) in [5, 5.41) is 7.28. The first-order valence-corrected chi connectivity index (χ1v) is 9.99. The molecule has 0 saturated carbocycles. The first kappa shape index (κ1) is 21.2. The average molecular weight is 401 g/mol. The molecule has 0 aliphatic heterocycles. The second-order valence-electron chi connectivity index (χ2n) is 6.59. The monoisotopic (exact) mass is 400 g/mol. The van der Waals surface area contributed by atoms with Gasteiger partial charge in [-0.15, -0.1) is 0 Å². The summed E-state index contributed by atoms with van der Waals surface area (Å²) in [4.78, 5) is 14.8. The summed E-state index contributed by atoms with van der Waals surface area (Å²) in [6.45, 7) is 9.66. The molecule has 138 valence electrons. The minimum absolute atomic E-state index is 0.106. The number of nitrogens with one attached hydrogen (secondary N) is 1. The molecule has 0 aliphatic carbocycles.